The molecule has 1 aromatic carbocycles. The van der Waals surface area contributed by atoms with E-state index in [0.29, 0.717) is 28.1 Å². The number of ether oxygens (including phenoxy) is 1. The van der Waals surface area contributed by atoms with Gasteiger partial charge in [-0.15, -0.1) is 11.3 Å². The Morgan fingerprint density at radius 1 is 1.50 bits per heavy atom. The maximum absolute atomic E-state index is 11.1. The zero-order valence-corrected chi connectivity index (χ0v) is 12.7. The molecule has 0 aliphatic rings. The maximum atomic E-state index is 11.1. The minimum atomic E-state index is -0.968. The molecule has 6 heteroatoms. The molecule has 0 aliphatic heterocycles. The lowest BCUT2D eigenvalue weighted by molar-refractivity contribution is 0.0701. The average molecular weight is 312 g/mol. The quantitative estimate of drug-likeness (QED) is 0.896. The molecular weight excluding hydrogens is 298 g/mol. The van der Waals surface area contributed by atoms with Gasteiger partial charge < -0.3 is 9.84 Å². The first-order valence-electron chi connectivity index (χ1n) is 6.16. The van der Waals surface area contributed by atoms with Crippen molar-refractivity contribution in [2.24, 2.45) is 0 Å². The van der Waals surface area contributed by atoms with E-state index in [1.807, 2.05) is 6.92 Å². The molecule has 0 saturated heterocycles. The van der Waals surface area contributed by atoms with Crippen molar-refractivity contribution in [2.75, 3.05) is 6.61 Å². The second-order valence-corrected chi connectivity index (χ2v) is 5.66. The van der Waals surface area contributed by atoms with Gasteiger partial charge in [-0.3, -0.25) is 0 Å². The molecule has 0 spiro atoms. The number of hydrogen-bond donors (Lipinski definition) is 1. The van der Waals surface area contributed by atoms with Gasteiger partial charge >= 0.3 is 5.97 Å². The molecule has 1 N–H and O–H groups in total. The lowest BCUT2D eigenvalue weighted by atomic mass is 10.2. The summed E-state index contributed by atoms with van der Waals surface area (Å²) in [6.07, 6.45) is 0.888. The van der Waals surface area contributed by atoms with Crippen LogP contribution in [0, 0.1) is 6.92 Å². The third-order valence-electron chi connectivity index (χ3n) is 2.62. The summed E-state index contributed by atoms with van der Waals surface area (Å²) in [5.74, 6) is -0.300. The van der Waals surface area contributed by atoms with Gasteiger partial charge in [0.2, 0.25) is 0 Å². The van der Waals surface area contributed by atoms with Crippen LogP contribution in [0.25, 0.3) is 10.6 Å². The van der Waals surface area contributed by atoms with Crippen molar-refractivity contribution in [3.63, 3.8) is 0 Å². The standard InChI is InChI=1S/C14H14ClNO3S/c1-3-6-19-11-5-4-9(15)7-10(11)13-16-8(2)12(20-13)14(17)18/h4-5,7H,3,6H2,1-2H3,(H,17,18). The highest BCUT2D eigenvalue weighted by molar-refractivity contribution is 7.17. The normalized spacial score (nSPS) is 10.6. The minimum Gasteiger partial charge on any atom is -0.493 e. The van der Waals surface area contributed by atoms with E-state index < -0.39 is 5.97 Å². The van der Waals surface area contributed by atoms with E-state index in [0.717, 1.165) is 23.3 Å². The Morgan fingerprint density at radius 2 is 2.25 bits per heavy atom. The number of carboxylic acid groups (broad SMARTS) is 1. The topological polar surface area (TPSA) is 59.4 Å². The molecule has 0 aliphatic carbocycles. The fraction of sp³-hybridized carbons (Fsp3) is 0.286. The molecule has 1 heterocycles. The first-order chi connectivity index (χ1) is 9.52. The van der Waals surface area contributed by atoms with Gasteiger partial charge in [0.1, 0.15) is 15.6 Å². The predicted octanol–water partition coefficient (Wildman–Crippen LogP) is 4.26. The molecule has 0 bridgehead atoms. The van der Waals surface area contributed by atoms with Crippen molar-refractivity contribution in [1.29, 1.82) is 0 Å². The molecule has 106 valence electrons. The minimum absolute atomic E-state index is 0.237. The number of rotatable bonds is 5. The van der Waals surface area contributed by atoms with Gasteiger partial charge in [0.15, 0.2) is 0 Å². The summed E-state index contributed by atoms with van der Waals surface area (Å²) in [5, 5.41) is 10.3. The smallest absolute Gasteiger partial charge is 0.347 e. The first kappa shape index (κ1) is 14.8. The summed E-state index contributed by atoms with van der Waals surface area (Å²) in [4.78, 5) is 15.7. The third kappa shape index (κ3) is 3.11. The molecule has 2 rings (SSSR count). The molecular formula is C14H14ClNO3S. The number of aromatic carboxylic acids is 1. The van der Waals surface area contributed by atoms with E-state index in [9.17, 15) is 4.79 Å². The van der Waals surface area contributed by atoms with Crippen molar-refractivity contribution in [2.45, 2.75) is 20.3 Å². The Balaban J connectivity index is 2.47. The summed E-state index contributed by atoms with van der Waals surface area (Å²) >= 11 is 7.14. The molecule has 0 amide bonds. The number of thiazole rings is 1. The number of carboxylic acids is 1. The molecule has 0 saturated carbocycles. The van der Waals surface area contributed by atoms with Crippen molar-refractivity contribution >= 4 is 28.9 Å². The van der Waals surface area contributed by atoms with E-state index in [1.54, 1.807) is 25.1 Å². The number of hydrogen-bond acceptors (Lipinski definition) is 4. The summed E-state index contributed by atoms with van der Waals surface area (Å²) in [6, 6.07) is 5.27. The van der Waals surface area contributed by atoms with Crippen LogP contribution in [0.1, 0.15) is 28.7 Å². The number of nitrogens with zero attached hydrogens (tertiary/aromatic N) is 1. The van der Waals surface area contributed by atoms with Crippen molar-refractivity contribution in [3.8, 4) is 16.3 Å². The second-order valence-electron chi connectivity index (χ2n) is 4.23. The largest absolute Gasteiger partial charge is 0.493 e. The average Bonchev–Trinajstić information content (AvgIpc) is 2.79. The van der Waals surface area contributed by atoms with Crippen LogP contribution in [0.3, 0.4) is 0 Å². The molecule has 0 atom stereocenters. The van der Waals surface area contributed by atoms with Crippen LogP contribution in [0.2, 0.25) is 5.02 Å². The van der Waals surface area contributed by atoms with E-state index in [-0.39, 0.29) is 4.88 Å². The molecule has 20 heavy (non-hydrogen) atoms. The van der Waals surface area contributed by atoms with Gasteiger partial charge in [-0.25, -0.2) is 9.78 Å². The summed E-state index contributed by atoms with van der Waals surface area (Å²) in [7, 11) is 0. The number of aryl methyl sites for hydroxylation is 1. The van der Waals surface area contributed by atoms with E-state index in [1.165, 1.54) is 0 Å². The van der Waals surface area contributed by atoms with E-state index in [4.69, 9.17) is 21.4 Å². The Hall–Kier alpha value is -1.59. The van der Waals surface area contributed by atoms with Crippen molar-refractivity contribution < 1.29 is 14.6 Å². The molecule has 4 nitrogen and oxygen atoms in total. The number of aromatic nitrogens is 1. The predicted molar refractivity (Wildman–Crippen MR) is 80.0 cm³/mol. The van der Waals surface area contributed by atoms with Gasteiger partial charge in [0.05, 0.1) is 17.9 Å². The number of carbonyl (C=O) groups is 1. The van der Waals surface area contributed by atoms with Gasteiger partial charge in [-0.2, -0.15) is 0 Å². The van der Waals surface area contributed by atoms with Gasteiger partial charge in [-0.05, 0) is 31.5 Å². The molecule has 0 radical (unpaired) electrons. The fourth-order valence-electron chi connectivity index (χ4n) is 1.72. The molecule has 2 aromatic rings. The van der Waals surface area contributed by atoms with Crippen LogP contribution < -0.4 is 4.74 Å². The van der Waals surface area contributed by atoms with Crippen molar-refractivity contribution in [3.05, 3.63) is 33.8 Å². The third-order valence-corrected chi connectivity index (χ3v) is 4.04. The summed E-state index contributed by atoms with van der Waals surface area (Å²) in [6.45, 7) is 4.29. The highest BCUT2D eigenvalue weighted by Gasteiger charge is 2.18. The van der Waals surface area contributed by atoms with Crippen LogP contribution in [0.5, 0.6) is 5.75 Å². The first-order valence-corrected chi connectivity index (χ1v) is 7.35. The van der Waals surface area contributed by atoms with Crippen LogP contribution in [-0.4, -0.2) is 22.7 Å². The lowest BCUT2D eigenvalue weighted by Gasteiger charge is -2.09. The molecule has 0 unspecified atom stereocenters. The lowest BCUT2D eigenvalue weighted by Crippen LogP contribution is -1.96. The van der Waals surface area contributed by atoms with Gasteiger partial charge in [0.25, 0.3) is 0 Å². The number of halogens is 1. The second kappa shape index (κ2) is 6.24. The Labute approximate surface area is 126 Å². The Kier molecular flexibility index (Phi) is 4.62. The SMILES string of the molecule is CCCOc1ccc(Cl)cc1-c1nc(C)c(C(=O)O)s1. The van der Waals surface area contributed by atoms with Crippen LogP contribution in [0.4, 0.5) is 0 Å². The van der Waals surface area contributed by atoms with Crippen LogP contribution in [0.15, 0.2) is 18.2 Å². The fourth-order valence-corrected chi connectivity index (χ4v) is 2.82. The van der Waals surface area contributed by atoms with E-state index >= 15 is 0 Å². The zero-order chi connectivity index (χ0) is 14.7. The van der Waals surface area contributed by atoms with Gasteiger partial charge in [-0.1, -0.05) is 18.5 Å². The van der Waals surface area contributed by atoms with E-state index in [2.05, 4.69) is 4.98 Å². The zero-order valence-electron chi connectivity index (χ0n) is 11.1. The monoisotopic (exact) mass is 311 g/mol. The summed E-state index contributed by atoms with van der Waals surface area (Å²) < 4.78 is 5.67. The highest BCUT2D eigenvalue weighted by atomic mass is 35.5. The van der Waals surface area contributed by atoms with Crippen LogP contribution >= 0.6 is 22.9 Å². The highest BCUT2D eigenvalue weighted by Crippen LogP contribution is 2.36. The van der Waals surface area contributed by atoms with Crippen molar-refractivity contribution in [1.82, 2.24) is 4.98 Å². The molecule has 0 fully saturated rings. The maximum Gasteiger partial charge on any atom is 0.347 e. The molecule has 1 aromatic heterocycles. The van der Waals surface area contributed by atoms with Crippen LogP contribution in [-0.2, 0) is 0 Å². The summed E-state index contributed by atoms with van der Waals surface area (Å²) in [5.41, 5.74) is 1.23. The van der Waals surface area contributed by atoms with Gasteiger partial charge in [0, 0.05) is 5.02 Å². The number of benzene rings is 1. The Bertz CT molecular complexity index is 639. The Morgan fingerprint density at radius 3 is 2.85 bits per heavy atom.